The second-order valence-electron chi connectivity index (χ2n) is 5.12. The lowest BCUT2D eigenvalue weighted by Gasteiger charge is -2.19. The van der Waals surface area contributed by atoms with E-state index >= 15 is 0 Å². The van der Waals surface area contributed by atoms with Crippen molar-refractivity contribution >= 4 is 27.8 Å². The van der Waals surface area contributed by atoms with Crippen LogP contribution in [0.3, 0.4) is 0 Å². The first-order chi connectivity index (χ1) is 8.78. The predicted molar refractivity (Wildman–Crippen MR) is 79.4 cm³/mol. The van der Waals surface area contributed by atoms with Crippen LogP contribution in [0.15, 0.2) is 16.6 Å². The van der Waals surface area contributed by atoms with Crippen LogP contribution in [0, 0.1) is 6.92 Å². The third-order valence-corrected chi connectivity index (χ3v) is 2.96. The first-order valence-corrected chi connectivity index (χ1v) is 6.91. The van der Waals surface area contributed by atoms with Gasteiger partial charge in [0.05, 0.1) is 5.69 Å². The molecule has 2 N–H and O–H groups in total. The number of alkyl carbamates (subject to hydrolysis) is 1. The molecular weight excluding hydrogens is 310 g/mol. The lowest BCUT2D eigenvalue weighted by molar-refractivity contribution is 0.0530. The Kier molecular flexibility index (Phi) is 5.60. The third kappa shape index (κ3) is 6.42. The van der Waals surface area contributed by atoms with Gasteiger partial charge in [-0.3, -0.25) is 0 Å². The van der Waals surface area contributed by atoms with Gasteiger partial charge in [-0.2, -0.15) is 0 Å². The second-order valence-corrected chi connectivity index (χ2v) is 5.97. The number of hydrogen-bond donors (Lipinski definition) is 2. The number of rotatable bonds is 4. The van der Waals surface area contributed by atoms with Gasteiger partial charge in [-0.25, -0.2) is 9.78 Å². The number of hydrogen-bond acceptors (Lipinski definition) is 4. The molecule has 0 spiro atoms. The number of nitrogens with one attached hydrogen (secondary N) is 2. The summed E-state index contributed by atoms with van der Waals surface area (Å²) in [7, 11) is 0. The molecule has 0 bridgehead atoms. The van der Waals surface area contributed by atoms with E-state index in [-0.39, 0.29) is 0 Å². The Morgan fingerprint density at radius 1 is 1.37 bits per heavy atom. The van der Waals surface area contributed by atoms with Gasteiger partial charge in [0.25, 0.3) is 0 Å². The topological polar surface area (TPSA) is 63.2 Å². The number of anilines is 1. The Labute approximate surface area is 122 Å². The molecule has 1 heterocycles. The van der Waals surface area contributed by atoms with Gasteiger partial charge in [-0.15, -0.1) is 0 Å². The average molecular weight is 330 g/mol. The van der Waals surface area contributed by atoms with E-state index in [0.29, 0.717) is 13.1 Å². The van der Waals surface area contributed by atoms with Crippen LogP contribution >= 0.6 is 15.9 Å². The zero-order chi connectivity index (χ0) is 14.5. The fourth-order valence-electron chi connectivity index (χ4n) is 1.31. The number of pyridine rings is 1. The number of carbonyl (C=O) groups is 1. The van der Waals surface area contributed by atoms with Crippen LogP contribution in [0.25, 0.3) is 0 Å². The fraction of sp³-hybridized carbons (Fsp3) is 0.538. The zero-order valence-electron chi connectivity index (χ0n) is 11.7. The first-order valence-electron chi connectivity index (χ1n) is 6.12. The third-order valence-electron chi connectivity index (χ3n) is 2.12. The SMILES string of the molecule is Cc1nc(NCCNC(=O)OC(C)(C)C)ccc1Br. The van der Waals surface area contributed by atoms with Crippen molar-refractivity contribution in [1.29, 1.82) is 0 Å². The molecule has 106 valence electrons. The fourth-order valence-corrected chi connectivity index (χ4v) is 1.53. The van der Waals surface area contributed by atoms with Crippen molar-refractivity contribution in [2.24, 2.45) is 0 Å². The van der Waals surface area contributed by atoms with Gasteiger partial charge in [0, 0.05) is 17.6 Å². The van der Waals surface area contributed by atoms with Crippen LogP contribution in [0.1, 0.15) is 26.5 Å². The van der Waals surface area contributed by atoms with Crippen LogP contribution in [0.5, 0.6) is 0 Å². The average Bonchev–Trinajstić information content (AvgIpc) is 2.27. The summed E-state index contributed by atoms with van der Waals surface area (Å²) in [6.45, 7) is 8.49. The van der Waals surface area contributed by atoms with Crippen LogP contribution in [0.2, 0.25) is 0 Å². The molecular formula is C13H20BrN3O2. The highest BCUT2D eigenvalue weighted by molar-refractivity contribution is 9.10. The van der Waals surface area contributed by atoms with E-state index in [1.165, 1.54) is 0 Å². The Morgan fingerprint density at radius 2 is 2.05 bits per heavy atom. The smallest absolute Gasteiger partial charge is 0.407 e. The molecule has 0 aliphatic carbocycles. The first kappa shape index (κ1) is 15.8. The molecule has 5 nitrogen and oxygen atoms in total. The molecule has 0 radical (unpaired) electrons. The van der Waals surface area contributed by atoms with Gasteiger partial charge < -0.3 is 15.4 Å². The van der Waals surface area contributed by atoms with Crippen LogP contribution in [-0.2, 0) is 4.74 Å². The van der Waals surface area contributed by atoms with Crippen molar-refractivity contribution < 1.29 is 9.53 Å². The Hall–Kier alpha value is -1.30. The standard InChI is InChI=1S/C13H20BrN3O2/c1-9-10(14)5-6-11(17-9)15-7-8-16-12(18)19-13(2,3)4/h5-6H,7-8H2,1-4H3,(H,15,17)(H,16,18). The summed E-state index contributed by atoms with van der Waals surface area (Å²) >= 11 is 3.39. The molecule has 0 atom stereocenters. The summed E-state index contributed by atoms with van der Waals surface area (Å²) < 4.78 is 6.10. The Bertz CT molecular complexity index is 444. The molecule has 6 heteroatoms. The normalized spacial score (nSPS) is 11.0. The van der Waals surface area contributed by atoms with E-state index in [1.807, 2.05) is 39.8 Å². The molecule has 0 aromatic carbocycles. The van der Waals surface area contributed by atoms with E-state index in [0.717, 1.165) is 16.0 Å². The number of aryl methyl sites for hydroxylation is 1. The van der Waals surface area contributed by atoms with E-state index in [1.54, 1.807) is 0 Å². The largest absolute Gasteiger partial charge is 0.444 e. The summed E-state index contributed by atoms with van der Waals surface area (Å²) in [5.74, 6) is 0.784. The summed E-state index contributed by atoms with van der Waals surface area (Å²) in [5, 5.41) is 5.80. The van der Waals surface area contributed by atoms with E-state index in [4.69, 9.17) is 4.74 Å². The highest BCUT2D eigenvalue weighted by Crippen LogP contribution is 2.15. The molecule has 1 rings (SSSR count). The quantitative estimate of drug-likeness (QED) is 0.833. The van der Waals surface area contributed by atoms with Crippen LogP contribution in [-0.4, -0.2) is 29.8 Å². The van der Waals surface area contributed by atoms with Gasteiger partial charge in [0.2, 0.25) is 0 Å². The van der Waals surface area contributed by atoms with E-state index in [2.05, 4.69) is 31.5 Å². The van der Waals surface area contributed by atoms with E-state index in [9.17, 15) is 4.79 Å². The number of nitrogens with zero attached hydrogens (tertiary/aromatic N) is 1. The Balaban J connectivity index is 2.27. The Morgan fingerprint density at radius 3 is 2.63 bits per heavy atom. The zero-order valence-corrected chi connectivity index (χ0v) is 13.3. The van der Waals surface area contributed by atoms with Gasteiger partial charge in [0.1, 0.15) is 11.4 Å². The second kappa shape index (κ2) is 6.75. The maximum atomic E-state index is 11.4. The number of halogens is 1. The highest BCUT2D eigenvalue weighted by atomic mass is 79.9. The number of ether oxygens (including phenoxy) is 1. The summed E-state index contributed by atoms with van der Waals surface area (Å²) in [5.41, 5.74) is 0.451. The van der Waals surface area contributed by atoms with Gasteiger partial charge >= 0.3 is 6.09 Å². The van der Waals surface area contributed by atoms with Gasteiger partial charge in [0.15, 0.2) is 0 Å². The van der Waals surface area contributed by atoms with Gasteiger partial charge in [-0.1, -0.05) is 0 Å². The van der Waals surface area contributed by atoms with Crippen molar-refractivity contribution in [3.63, 3.8) is 0 Å². The van der Waals surface area contributed by atoms with Crippen molar-refractivity contribution in [3.05, 3.63) is 22.3 Å². The van der Waals surface area contributed by atoms with Crippen molar-refractivity contribution in [2.45, 2.75) is 33.3 Å². The van der Waals surface area contributed by atoms with E-state index < -0.39 is 11.7 Å². The van der Waals surface area contributed by atoms with Crippen LogP contribution in [0.4, 0.5) is 10.6 Å². The monoisotopic (exact) mass is 329 g/mol. The lowest BCUT2D eigenvalue weighted by Crippen LogP contribution is -2.35. The number of aromatic nitrogens is 1. The molecule has 0 aliphatic heterocycles. The van der Waals surface area contributed by atoms with Gasteiger partial charge in [-0.05, 0) is 55.8 Å². The molecule has 0 unspecified atom stereocenters. The summed E-state index contributed by atoms with van der Waals surface area (Å²) in [6.07, 6.45) is -0.408. The van der Waals surface area contributed by atoms with Crippen molar-refractivity contribution in [1.82, 2.24) is 10.3 Å². The number of carbonyl (C=O) groups excluding carboxylic acids is 1. The minimum atomic E-state index is -0.470. The van der Waals surface area contributed by atoms with Crippen molar-refractivity contribution in [2.75, 3.05) is 18.4 Å². The summed E-state index contributed by atoms with van der Waals surface area (Å²) in [4.78, 5) is 15.7. The molecule has 1 aromatic rings. The molecule has 0 saturated heterocycles. The minimum absolute atomic E-state index is 0.408. The predicted octanol–water partition coefficient (Wildman–Crippen LogP) is 3.09. The molecule has 19 heavy (non-hydrogen) atoms. The number of amides is 1. The van der Waals surface area contributed by atoms with Crippen molar-refractivity contribution in [3.8, 4) is 0 Å². The molecule has 1 aromatic heterocycles. The maximum absolute atomic E-state index is 11.4. The lowest BCUT2D eigenvalue weighted by atomic mass is 10.2. The molecule has 0 aliphatic rings. The summed E-state index contributed by atoms with van der Waals surface area (Å²) in [6, 6.07) is 3.82. The minimum Gasteiger partial charge on any atom is -0.444 e. The highest BCUT2D eigenvalue weighted by Gasteiger charge is 2.15. The van der Waals surface area contributed by atoms with Crippen LogP contribution < -0.4 is 10.6 Å². The molecule has 0 saturated carbocycles. The molecule has 1 amide bonds. The molecule has 0 fully saturated rings. The maximum Gasteiger partial charge on any atom is 0.407 e.